The number of hydrogen-bond acceptors (Lipinski definition) is 3. The second kappa shape index (κ2) is 6.62. The van der Waals surface area contributed by atoms with Gasteiger partial charge >= 0.3 is 0 Å². The van der Waals surface area contributed by atoms with E-state index in [0.717, 1.165) is 12.0 Å². The molecular weight excluding hydrogens is 241 g/mol. The molecule has 0 radical (unpaired) electrons. The van der Waals surface area contributed by atoms with Crippen LogP contribution in [0.25, 0.3) is 0 Å². The summed E-state index contributed by atoms with van der Waals surface area (Å²) in [6, 6.07) is 13.6. The molecule has 2 aromatic rings. The summed E-state index contributed by atoms with van der Waals surface area (Å²) in [6.07, 6.45) is 2.41. The van der Waals surface area contributed by atoms with Crippen molar-refractivity contribution < 1.29 is 4.39 Å². The van der Waals surface area contributed by atoms with Crippen molar-refractivity contribution in [2.75, 3.05) is 6.54 Å². The molecule has 1 heterocycles. The van der Waals surface area contributed by atoms with Crippen LogP contribution in [0.4, 0.5) is 4.39 Å². The van der Waals surface area contributed by atoms with Crippen LogP contribution in [0.3, 0.4) is 0 Å². The maximum absolute atomic E-state index is 12.7. The molecule has 0 aliphatic heterocycles. The summed E-state index contributed by atoms with van der Waals surface area (Å²) in [6.45, 7) is 0.639. The summed E-state index contributed by atoms with van der Waals surface area (Å²) < 4.78 is 12.7. The van der Waals surface area contributed by atoms with E-state index in [9.17, 15) is 4.39 Å². The van der Waals surface area contributed by atoms with E-state index in [1.807, 2.05) is 18.2 Å². The summed E-state index contributed by atoms with van der Waals surface area (Å²) in [5.74, 6) is -0.236. The largest absolute Gasteiger partial charge is 0.297 e. The Labute approximate surface area is 111 Å². The van der Waals surface area contributed by atoms with Crippen LogP contribution in [0.2, 0.25) is 0 Å². The molecule has 1 aromatic carbocycles. The highest BCUT2D eigenvalue weighted by atomic mass is 19.1. The molecule has 1 aromatic heterocycles. The van der Waals surface area contributed by atoms with Crippen molar-refractivity contribution in [1.29, 1.82) is 5.26 Å². The topological polar surface area (TPSA) is 48.7 Å². The van der Waals surface area contributed by atoms with Crippen LogP contribution < -0.4 is 5.32 Å². The van der Waals surface area contributed by atoms with Gasteiger partial charge in [-0.15, -0.1) is 0 Å². The van der Waals surface area contributed by atoms with Gasteiger partial charge in [0.1, 0.15) is 11.9 Å². The summed E-state index contributed by atoms with van der Waals surface area (Å²) in [5.41, 5.74) is 1.75. The van der Waals surface area contributed by atoms with Crippen LogP contribution in [0.15, 0.2) is 48.7 Å². The fraction of sp³-hybridized carbons (Fsp3) is 0.200. The number of rotatable bonds is 5. The minimum Gasteiger partial charge on any atom is -0.297 e. The predicted molar refractivity (Wildman–Crippen MR) is 70.7 cm³/mol. The Morgan fingerprint density at radius 3 is 2.63 bits per heavy atom. The summed E-state index contributed by atoms with van der Waals surface area (Å²) in [5, 5.41) is 12.2. The third kappa shape index (κ3) is 3.87. The molecule has 0 saturated heterocycles. The third-order valence-corrected chi connectivity index (χ3v) is 2.79. The quantitative estimate of drug-likeness (QED) is 0.893. The van der Waals surface area contributed by atoms with Crippen molar-refractivity contribution in [3.8, 4) is 6.07 Å². The van der Waals surface area contributed by atoms with E-state index in [2.05, 4.69) is 16.4 Å². The van der Waals surface area contributed by atoms with E-state index in [1.54, 1.807) is 18.3 Å². The van der Waals surface area contributed by atoms with E-state index < -0.39 is 6.04 Å². The molecule has 0 bridgehead atoms. The molecule has 0 amide bonds. The normalized spacial score (nSPS) is 11.8. The molecule has 19 heavy (non-hydrogen) atoms. The standard InChI is InChI=1S/C15H14FN3/c16-13-6-4-12(5-7-13)8-10-19-15(11-17)14-3-1-2-9-18-14/h1-7,9,15,19H,8,10H2. The Balaban J connectivity index is 1.88. The second-order valence-electron chi connectivity index (χ2n) is 4.15. The van der Waals surface area contributed by atoms with Crippen LogP contribution in [-0.2, 0) is 6.42 Å². The number of nitrogens with one attached hydrogen (secondary N) is 1. The van der Waals surface area contributed by atoms with E-state index in [1.165, 1.54) is 12.1 Å². The maximum atomic E-state index is 12.7. The van der Waals surface area contributed by atoms with Crippen molar-refractivity contribution in [1.82, 2.24) is 10.3 Å². The lowest BCUT2D eigenvalue weighted by Crippen LogP contribution is -2.23. The molecule has 0 saturated carbocycles. The third-order valence-electron chi connectivity index (χ3n) is 2.79. The molecule has 0 aliphatic rings. The van der Waals surface area contributed by atoms with Gasteiger partial charge in [0.2, 0.25) is 0 Å². The molecule has 96 valence electrons. The molecular formula is C15H14FN3. The molecule has 1 atom stereocenters. The first kappa shape index (κ1) is 13.2. The van der Waals surface area contributed by atoms with Gasteiger partial charge in [0.05, 0.1) is 11.8 Å². The zero-order chi connectivity index (χ0) is 13.5. The first-order valence-corrected chi connectivity index (χ1v) is 6.08. The number of nitriles is 1. The lowest BCUT2D eigenvalue weighted by Gasteiger charge is -2.10. The van der Waals surface area contributed by atoms with E-state index in [-0.39, 0.29) is 5.82 Å². The lowest BCUT2D eigenvalue weighted by molar-refractivity contribution is 0.612. The van der Waals surface area contributed by atoms with Gasteiger partial charge in [-0.3, -0.25) is 10.3 Å². The van der Waals surface area contributed by atoms with E-state index in [0.29, 0.717) is 12.2 Å². The van der Waals surface area contributed by atoms with Crippen LogP contribution >= 0.6 is 0 Å². The monoisotopic (exact) mass is 255 g/mol. The van der Waals surface area contributed by atoms with Gasteiger partial charge in [-0.1, -0.05) is 18.2 Å². The van der Waals surface area contributed by atoms with Gasteiger partial charge in [-0.25, -0.2) is 4.39 Å². The molecule has 0 spiro atoms. The van der Waals surface area contributed by atoms with Crippen LogP contribution in [0.1, 0.15) is 17.3 Å². The molecule has 1 N–H and O–H groups in total. The smallest absolute Gasteiger partial charge is 0.138 e. The molecule has 1 unspecified atom stereocenters. The highest BCUT2D eigenvalue weighted by molar-refractivity contribution is 5.18. The van der Waals surface area contributed by atoms with Crippen LogP contribution in [0.5, 0.6) is 0 Å². The Hall–Kier alpha value is -2.25. The fourth-order valence-corrected chi connectivity index (χ4v) is 1.77. The van der Waals surface area contributed by atoms with E-state index >= 15 is 0 Å². The lowest BCUT2D eigenvalue weighted by atomic mass is 10.1. The van der Waals surface area contributed by atoms with Crippen LogP contribution in [-0.4, -0.2) is 11.5 Å². The Bertz CT molecular complexity index is 546. The number of aromatic nitrogens is 1. The highest BCUT2D eigenvalue weighted by Gasteiger charge is 2.09. The van der Waals surface area contributed by atoms with Crippen molar-refractivity contribution >= 4 is 0 Å². The Morgan fingerprint density at radius 2 is 2.00 bits per heavy atom. The summed E-state index contributed by atoms with van der Waals surface area (Å²) >= 11 is 0. The maximum Gasteiger partial charge on any atom is 0.138 e. The van der Waals surface area contributed by atoms with Crippen molar-refractivity contribution in [2.24, 2.45) is 0 Å². The molecule has 0 fully saturated rings. The molecule has 2 rings (SSSR count). The van der Waals surface area contributed by atoms with Gasteiger partial charge in [-0.05, 0) is 36.2 Å². The Kier molecular flexibility index (Phi) is 4.60. The zero-order valence-corrected chi connectivity index (χ0v) is 10.4. The van der Waals surface area contributed by atoms with Gasteiger partial charge in [-0.2, -0.15) is 5.26 Å². The zero-order valence-electron chi connectivity index (χ0n) is 10.4. The minimum absolute atomic E-state index is 0.236. The first-order valence-electron chi connectivity index (χ1n) is 6.08. The summed E-state index contributed by atoms with van der Waals surface area (Å²) in [7, 11) is 0. The van der Waals surface area contributed by atoms with Gasteiger partial charge in [0.15, 0.2) is 0 Å². The number of hydrogen-bond donors (Lipinski definition) is 1. The highest BCUT2D eigenvalue weighted by Crippen LogP contribution is 2.08. The van der Waals surface area contributed by atoms with Crippen LogP contribution in [0, 0.1) is 17.1 Å². The average molecular weight is 255 g/mol. The minimum atomic E-state index is -0.415. The number of benzene rings is 1. The number of halogens is 1. The summed E-state index contributed by atoms with van der Waals surface area (Å²) in [4.78, 5) is 4.15. The second-order valence-corrected chi connectivity index (χ2v) is 4.15. The Morgan fingerprint density at radius 1 is 1.21 bits per heavy atom. The van der Waals surface area contributed by atoms with Gasteiger partial charge in [0, 0.05) is 12.7 Å². The number of pyridine rings is 1. The first-order chi connectivity index (χ1) is 9.29. The SMILES string of the molecule is N#CC(NCCc1ccc(F)cc1)c1ccccn1. The van der Waals surface area contributed by atoms with Crippen molar-refractivity contribution in [3.05, 3.63) is 65.7 Å². The molecule has 0 aliphatic carbocycles. The molecule has 4 heteroatoms. The average Bonchev–Trinajstić information content (AvgIpc) is 2.46. The fourth-order valence-electron chi connectivity index (χ4n) is 1.77. The van der Waals surface area contributed by atoms with Gasteiger partial charge < -0.3 is 0 Å². The predicted octanol–water partition coefficient (Wildman–Crippen LogP) is 2.62. The van der Waals surface area contributed by atoms with E-state index in [4.69, 9.17) is 5.26 Å². The van der Waals surface area contributed by atoms with Crippen molar-refractivity contribution in [2.45, 2.75) is 12.5 Å². The number of nitrogens with zero attached hydrogens (tertiary/aromatic N) is 2. The van der Waals surface area contributed by atoms with Gasteiger partial charge in [0.25, 0.3) is 0 Å². The van der Waals surface area contributed by atoms with Crippen molar-refractivity contribution in [3.63, 3.8) is 0 Å². The molecule has 3 nitrogen and oxygen atoms in total.